The van der Waals surface area contributed by atoms with E-state index in [1.165, 1.54) is 141 Å². The third-order valence-electron chi connectivity index (χ3n) is 10.4. The predicted octanol–water partition coefficient (Wildman–Crippen LogP) is 10.1. The van der Waals surface area contributed by atoms with E-state index in [0.29, 0.717) is 48.9 Å². The number of halogens is 1. The van der Waals surface area contributed by atoms with Crippen LogP contribution in [-0.4, -0.2) is 65.3 Å². The van der Waals surface area contributed by atoms with Gasteiger partial charge in [0, 0.05) is 26.3 Å². The summed E-state index contributed by atoms with van der Waals surface area (Å²) in [6, 6.07) is 4.58. The van der Waals surface area contributed by atoms with Crippen molar-refractivity contribution >= 4 is 34.1 Å². The molecule has 0 fully saturated rings. The number of unbranched alkanes of at least 4 members (excludes halogenated alkanes) is 22. The Hall–Kier alpha value is -1.92. The van der Waals surface area contributed by atoms with Crippen LogP contribution in [0.1, 0.15) is 186 Å². The van der Waals surface area contributed by atoms with Gasteiger partial charge in [0.05, 0.1) is 28.5 Å². The molecule has 328 valence electrons. The van der Waals surface area contributed by atoms with Crippen molar-refractivity contribution in [3.8, 4) is 0 Å². The number of ether oxygens (including phenoxy) is 2. The first-order valence-corrected chi connectivity index (χ1v) is 23.8. The van der Waals surface area contributed by atoms with Crippen LogP contribution < -0.4 is 22.1 Å². The van der Waals surface area contributed by atoms with Crippen LogP contribution in [-0.2, 0) is 24.1 Å². The summed E-state index contributed by atoms with van der Waals surface area (Å²) >= 11 is 0. The molecule has 1 aromatic carbocycles. The van der Waals surface area contributed by atoms with E-state index in [4.69, 9.17) is 26.4 Å². The zero-order chi connectivity index (χ0) is 40.4. The van der Waals surface area contributed by atoms with Gasteiger partial charge in [-0.1, -0.05) is 161 Å². The Morgan fingerprint density at radius 2 is 1.18 bits per heavy atom. The summed E-state index contributed by atoms with van der Waals surface area (Å²) in [5.41, 5.74) is 12.2. The number of nitrogens with two attached hydrogens (primary N) is 2. The molecule has 1 aromatic rings. The lowest BCUT2D eigenvalue weighted by Crippen LogP contribution is -2.45. The van der Waals surface area contributed by atoms with Crippen molar-refractivity contribution in [2.24, 2.45) is 11.5 Å². The molecule has 10 nitrogen and oxygen atoms in total. The minimum Gasteiger partial charge on any atom is -0.379 e. The molecule has 3 rings (SSSR count). The van der Waals surface area contributed by atoms with Crippen LogP contribution >= 0.6 is 12.4 Å². The summed E-state index contributed by atoms with van der Waals surface area (Å²) < 4.78 is 34.3. The lowest BCUT2D eigenvalue weighted by molar-refractivity contribution is -0.123. The first kappa shape index (κ1) is 54.1. The highest BCUT2D eigenvalue weighted by atomic mass is 35.5. The van der Waals surface area contributed by atoms with E-state index in [1.807, 2.05) is 6.07 Å². The summed E-state index contributed by atoms with van der Waals surface area (Å²) in [4.78, 5) is 13.5. The minimum absolute atomic E-state index is 0. The highest BCUT2D eigenvalue weighted by Crippen LogP contribution is 2.34. The molecule has 56 heavy (non-hydrogen) atoms. The fourth-order valence-corrected chi connectivity index (χ4v) is 8.11. The van der Waals surface area contributed by atoms with Gasteiger partial charge in [-0.2, -0.15) is 0 Å². The van der Waals surface area contributed by atoms with Gasteiger partial charge in [0.25, 0.3) is 0 Å². The maximum absolute atomic E-state index is 12.5. The molecular weight excluding hydrogens is 746 g/mol. The third kappa shape index (κ3) is 27.7. The molecule has 2 bridgehead atoms. The van der Waals surface area contributed by atoms with Crippen LogP contribution in [0.4, 0.5) is 0 Å². The van der Waals surface area contributed by atoms with E-state index in [2.05, 4.69) is 24.5 Å². The van der Waals surface area contributed by atoms with Gasteiger partial charge in [-0.15, -0.1) is 12.4 Å². The standard InChI is InChI=1S/C37H77N5O3.C7H6O2S.ClH/c1-3-5-7-9-11-13-15-17-19-21-23-25-30-44-33-34(32-42-36(43)35(38)28-27-29-41-37(39)40)45-31-26-24-22-20-18-16-14-12-10-8-6-4-2;1-5-2-3-6-4-7(5)10(6,8)9;/h34-35H,3-33,38H2,1-2H3,(H,42,43)(H4,39,40,41);2-4H,1H3;1H/t34?,35-;;/m0../s1. The van der Waals surface area contributed by atoms with Crippen LogP contribution in [0.25, 0.3) is 0 Å². The Morgan fingerprint density at radius 3 is 1.59 bits per heavy atom. The monoisotopic (exact) mass is 830 g/mol. The molecule has 0 saturated carbocycles. The zero-order valence-electron chi connectivity index (χ0n) is 35.8. The summed E-state index contributed by atoms with van der Waals surface area (Å²) in [6.07, 6.45) is 32.9. The van der Waals surface area contributed by atoms with E-state index in [1.54, 1.807) is 19.1 Å². The zero-order valence-corrected chi connectivity index (χ0v) is 37.5. The van der Waals surface area contributed by atoms with Crippen LogP contribution in [0.15, 0.2) is 28.0 Å². The lowest BCUT2D eigenvalue weighted by atomic mass is 10.1. The number of rotatable bonds is 36. The van der Waals surface area contributed by atoms with Crippen LogP contribution in [0.5, 0.6) is 0 Å². The van der Waals surface area contributed by atoms with Gasteiger partial charge in [0.1, 0.15) is 0 Å². The molecule has 0 radical (unpaired) electrons. The van der Waals surface area contributed by atoms with Gasteiger partial charge < -0.3 is 31.6 Å². The molecule has 2 heterocycles. The molecule has 12 heteroatoms. The number of carbonyl (C=O) groups excluding carboxylic acids is 1. The molecule has 0 saturated heterocycles. The average molecular weight is 831 g/mol. The second-order valence-corrected chi connectivity index (χ2v) is 17.5. The highest BCUT2D eigenvalue weighted by molar-refractivity contribution is 7.92. The fraction of sp³-hybridized carbons (Fsp3) is 0.818. The average Bonchev–Trinajstić information content (AvgIpc) is 3.16. The van der Waals surface area contributed by atoms with E-state index in [9.17, 15) is 13.2 Å². The molecule has 0 spiro atoms. The number of guanidine groups is 1. The SMILES string of the molecule is CCCCCCCCCCCCCCOCC(CNC(=O)[C@@H](N)CCCNC(=N)N)OCCCCCCCCCCCCCC.Cc1ccc2cc1S2(=O)=O.Cl. The molecular formula is C44H84ClN5O5S. The quantitative estimate of drug-likeness (QED) is 0.0257. The van der Waals surface area contributed by atoms with Gasteiger partial charge >= 0.3 is 0 Å². The van der Waals surface area contributed by atoms with Gasteiger partial charge in [-0.05, 0) is 50.3 Å². The van der Waals surface area contributed by atoms with Crippen molar-refractivity contribution in [1.82, 2.24) is 10.6 Å². The van der Waals surface area contributed by atoms with Gasteiger partial charge in [0.2, 0.25) is 15.7 Å². The normalized spacial score (nSPS) is 13.4. The van der Waals surface area contributed by atoms with Crippen LogP contribution in [0, 0.1) is 12.3 Å². The first-order valence-electron chi connectivity index (χ1n) is 22.3. The molecule has 0 aromatic heterocycles. The van der Waals surface area contributed by atoms with Crippen molar-refractivity contribution in [3.05, 3.63) is 23.8 Å². The number of fused-ring (bicyclic) bond motifs is 2. The van der Waals surface area contributed by atoms with Crippen LogP contribution in [0.3, 0.4) is 0 Å². The Balaban J connectivity index is 0.00000233. The minimum atomic E-state index is -2.96. The molecule has 7 N–H and O–H groups in total. The van der Waals surface area contributed by atoms with Crippen molar-refractivity contribution in [2.45, 2.75) is 210 Å². The molecule has 0 aliphatic carbocycles. The van der Waals surface area contributed by atoms with E-state index in [-0.39, 0.29) is 30.4 Å². The smallest absolute Gasteiger partial charge is 0.237 e. The number of carbonyl (C=O) groups is 1. The summed E-state index contributed by atoms with van der Waals surface area (Å²) in [5.74, 6) is -0.234. The summed E-state index contributed by atoms with van der Waals surface area (Å²) in [7, 11) is -2.96. The number of hydrogen-bond acceptors (Lipinski definition) is 7. The lowest BCUT2D eigenvalue weighted by Gasteiger charge is -2.20. The van der Waals surface area contributed by atoms with Crippen molar-refractivity contribution in [2.75, 3.05) is 32.9 Å². The van der Waals surface area contributed by atoms with Gasteiger partial charge in [-0.3, -0.25) is 10.2 Å². The maximum atomic E-state index is 12.5. The van der Waals surface area contributed by atoms with Crippen molar-refractivity contribution in [3.63, 3.8) is 0 Å². The third-order valence-corrected chi connectivity index (χ3v) is 12.3. The van der Waals surface area contributed by atoms with E-state index < -0.39 is 15.9 Å². The Kier molecular flexibility index (Phi) is 34.9. The number of sulfone groups is 1. The van der Waals surface area contributed by atoms with E-state index in [0.717, 1.165) is 25.0 Å². The second-order valence-electron chi connectivity index (χ2n) is 15.6. The number of aryl methyl sites for hydroxylation is 1. The molecule has 1 amide bonds. The number of amides is 1. The molecule has 2 aliphatic rings. The predicted molar refractivity (Wildman–Crippen MR) is 237 cm³/mol. The molecule has 1 unspecified atom stereocenters. The Morgan fingerprint density at radius 1 is 0.714 bits per heavy atom. The maximum Gasteiger partial charge on any atom is 0.237 e. The second kappa shape index (κ2) is 36.2. The fourth-order valence-electron chi connectivity index (χ4n) is 6.75. The van der Waals surface area contributed by atoms with Crippen molar-refractivity contribution < 1.29 is 22.7 Å². The number of nitrogens with one attached hydrogen (secondary N) is 3. The molecule has 2 aliphatic heterocycles. The summed E-state index contributed by atoms with van der Waals surface area (Å²) in [6.45, 7) is 9.23. The Bertz CT molecular complexity index is 1220. The van der Waals surface area contributed by atoms with Gasteiger partial charge in [0.15, 0.2) is 5.96 Å². The topological polar surface area (TPSA) is 170 Å². The Labute approximate surface area is 349 Å². The van der Waals surface area contributed by atoms with Gasteiger partial charge in [-0.25, -0.2) is 8.42 Å². The largest absolute Gasteiger partial charge is 0.379 e. The van der Waals surface area contributed by atoms with Crippen LogP contribution in [0.2, 0.25) is 0 Å². The number of hydrogen-bond donors (Lipinski definition) is 5. The molecule has 2 atom stereocenters. The van der Waals surface area contributed by atoms with E-state index >= 15 is 0 Å². The summed E-state index contributed by atoms with van der Waals surface area (Å²) in [5, 5.41) is 12.9. The van der Waals surface area contributed by atoms with Crippen molar-refractivity contribution in [1.29, 1.82) is 5.41 Å². The number of benzene rings is 1. The first-order chi connectivity index (χ1) is 26.6. The highest BCUT2D eigenvalue weighted by Gasteiger charge is 2.29.